The van der Waals surface area contributed by atoms with Crippen molar-refractivity contribution in [3.05, 3.63) is 41.0 Å². The van der Waals surface area contributed by atoms with E-state index in [1.165, 1.54) is 29.7 Å². The lowest BCUT2D eigenvalue weighted by Gasteiger charge is -2.19. The van der Waals surface area contributed by atoms with Crippen molar-refractivity contribution in [3.63, 3.8) is 0 Å². The zero-order valence-electron chi connectivity index (χ0n) is 14.2. The molecule has 1 N–H and O–H groups in total. The van der Waals surface area contributed by atoms with Gasteiger partial charge in [-0.3, -0.25) is 4.90 Å². The van der Waals surface area contributed by atoms with E-state index < -0.39 is 0 Å². The summed E-state index contributed by atoms with van der Waals surface area (Å²) in [5.41, 5.74) is 4.12. The van der Waals surface area contributed by atoms with Gasteiger partial charge in [-0.05, 0) is 43.9 Å². The lowest BCUT2D eigenvalue weighted by Crippen LogP contribution is -2.24. The minimum absolute atomic E-state index is 0.579. The van der Waals surface area contributed by atoms with E-state index >= 15 is 0 Å². The molecule has 5 nitrogen and oxygen atoms in total. The molecule has 1 aliphatic heterocycles. The number of fused-ring (bicyclic) bond motifs is 1. The van der Waals surface area contributed by atoms with Crippen molar-refractivity contribution in [1.82, 2.24) is 19.7 Å². The maximum absolute atomic E-state index is 4.37. The van der Waals surface area contributed by atoms with E-state index in [2.05, 4.69) is 64.1 Å². The van der Waals surface area contributed by atoms with Crippen molar-refractivity contribution < 1.29 is 0 Å². The van der Waals surface area contributed by atoms with E-state index in [0.29, 0.717) is 12.0 Å². The van der Waals surface area contributed by atoms with Crippen LogP contribution in [0.15, 0.2) is 18.2 Å². The molecular formula is C18H25N5. The Morgan fingerprint density at radius 3 is 2.78 bits per heavy atom. The molecule has 0 saturated heterocycles. The normalized spacial score (nSPS) is 17.7. The van der Waals surface area contributed by atoms with Gasteiger partial charge in [0.1, 0.15) is 5.82 Å². The second-order valence-electron chi connectivity index (χ2n) is 7.10. The van der Waals surface area contributed by atoms with Gasteiger partial charge >= 0.3 is 0 Å². The Morgan fingerprint density at radius 1 is 1.22 bits per heavy atom. The number of benzene rings is 1. The van der Waals surface area contributed by atoms with Crippen LogP contribution in [0, 0.1) is 0 Å². The first-order chi connectivity index (χ1) is 11.1. The topological polar surface area (TPSA) is 46.0 Å². The second-order valence-corrected chi connectivity index (χ2v) is 7.10. The average Bonchev–Trinajstić information content (AvgIpc) is 3.16. The zero-order valence-corrected chi connectivity index (χ0v) is 14.2. The summed E-state index contributed by atoms with van der Waals surface area (Å²) in [6, 6.07) is 7.16. The van der Waals surface area contributed by atoms with E-state index in [4.69, 9.17) is 0 Å². The maximum atomic E-state index is 4.37. The van der Waals surface area contributed by atoms with Crippen LogP contribution in [0.1, 0.15) is 55.4 Å². The molecule has 5 heteroatoms. The minimum Gasteiger partial charge on any atom is -0.377 e. The first-order valence-electron chi connectivity index (χ1n) is 8.60. The Hall–Kier alpha value is -1.88. The average molecular weight is 311 g/mol. The summed E-state index contributed by atoms with van der Waals surface area (Å²) in [5, 5.41) is 12.3. The van der Waals surface area contributed by atoms with Crippen molar-refractivity contribution in [2.24, 2.45) is 7.05 Å². The molecule has 0 atom stereocenters. The summed E-state index contributed by atoms with van der Waals surface area (Å²) in [4.78, 5) is 2.50. The molecule has 1 saturated carbocycles. The van der Waals surface area contributed by atoms with Crippen LogP contribution in [0.3, 0.4) is 0 Å². The quantitative estimate of drug-likeness (QED) is 0.922. The highest BCUT2D eigenvalue weighted by molar-refractivity contribution is 5.56. The molecule has 0 radical (unpaired) electrons. The third-order valence-corrected chi connectivity index (χ3v) is 5.12. The molecule has 1 aromatic carbocycles. The standard InChI is InChI=1S/C18H25N5/c1-12(2)23-10-14-5-4-6-16(15(14)11-23)19-9-17-20-21-18(22(17)3)13-7-8-13/h4-6,12-13,19H,7-11H2,1-3H3. The van der Waals surface area contributed by atoms with E-state index in [1.807, 2.05) is 0 Å². The number of rotatable bonds is 5. The Balaban J connectivity index is 1.49. The molecule has 0 unspecified atom stereocenters. The van der Waals surface area contributed by atoms with E-state index in [1.54, 1.807) is 0 Å². The summed E-state index contributed by atoms with van der Waals surface area (Å²) >= 11 is 0. The highest BCUT2D eigenvalue weighted by atomic mass is 15.3. The Kier molecular flexibility index (Phi) is 3.60. The number of anilines is 1. The van der Waals surface area contributed by atoms with Gasteiger partial charge in [-0.25, -0.2) is 0 Å². The molecule has 1 aromatic heterocycles. The van der Waals surface area contributed by atoms with Gasteiger partial charge < -0.3 is 9.88 Å². The van der Waals surface area contributed by atoms with Crippen LogP contribution in [-0.2, 0) is 26.7 Å². The number of nitrogens with one attached hydrogen (secondary N) is 1. The third kappa shape index (κ3) is 2.74. The van der Waals surface area contributed by atoms with Crippen LogP contribution in [0.4, 0.5) is 5.69 Å². The number of hydrogen-bond donors (Lipinski definition) is 1. The molecule has 2 heterocycles. The van der Waals surface area contributed by atoms with Gasteiger partial charge in [0, 0.05) is 37.8 Å². The first kappa shape index (κ1) is 14.7. The number of nitrogens with zero attached hydrogens (tertiary/aromatic N) is 4. The van der Waals surface area contributed by atoms with Crippen LogP contribution in [-0.4, -0.2) is 25.7 Å². The summed E-state index contributed by atoms with van der Waals surface area (Å²) in [7, 11) is 2.08. The van der Waals surface area contributed by atoms with Crippen molar-refractivity contribution in [2.75, 3.05) is 5.32 Å². The lowest BCUT2D eigenvalue weighted by molar-refractivity contribution is 0.227. The van der Waals surface area contributed by atoms with Gasteiger partial charge in [-0.1, -0.05) is 12.1 Å². The highest BCUT2D eigenvalue weighted by Crippen LogP contribution is 2.38. The SMILES string of the molecule is CC(C)N1Cc2cccc(NCc3nnc(C4CC4)n3C)c2C1. The molecule has 0 bridgehead atoms. The first-order valence-corrected chi connectivity index (χ1v) is 8.60. The van der Waals surface area contributed by atoms with Crippen molar-refractivity contribution in [2.45, 2.75) is 58.3 Å². The van der Waals surface area contributed by atoms with Crippen LogP contribution >= 0.6 is 0 Å². The van der Waals surface area contributed by atoms with Crippen LogP contribution in [0.5, 0.6) is 0 Å². The fraction of sp³-hybridized carbons (Fsp3) is 0.556. The highest BCUT2D eigenvalue weighted by Gasteiger charge is 2.29. The summed E-state index contributed by atoms with van der Waals surface area (Å²) in [5.74, 6) is 2.80. The summed E-state index contributed by atoms with van der Waals surface area (Å²) in [6.45, 7) is 7.34. The fourth-order valence-electron chi connectivity index (χ4n) is 3.38. The van der Waals surface area contributed by atoms with E-state index in [0.717, 1.165) is 31.3 Å². The molecule has 23 heavy (non-hydrogen) atoms. The third-order valence-electron chi connectivity index (χ3n) is 5.12. The van der Waals surface area contributed by atoms with Gasteiger partial charge in [0.05, 0.1) is 6.54 Å². The van der Waals surface area contributed by atoms with E-state index in [9.17, 15) is 0 Å². The number of aromatic nitrogens is 3. The predicted octanol–water partition coefficient (Wildman–Crippen LogP) is 3.03. The van der Waals surface area contributed by atoms with E-state index in [-0.39, 0.29) is 0 Å². The predicted molar refractivity (Wildman–Crippen MR) is 91.1 cm³/mol. The number of hydrogen-bond acceptors (Lipinski definition) is 4. The molecule has 2 aliphatic rings. The maximum Gasteiger partial charge on any atom is 0.152 e. The molecule has 1 aliphatic carbocycles. The summed E-state index contributed by atoms with van der Waals surface area (Å²) in [6.07, 6.45) is 2.52. The van der Waals surface area contributed by atoms with Gasteiger partial charge in [-0.2, -0.15) is 0 Å². The van der Waals surface area contributed by atoms with Gasteiger partial charge in [0.2, 0.25) is 0 Å². The molecule has 1 fully saturated rings. The smallest absolute Gasteiger partial charge is 0.152 e. The molecular weight excluding hydrogens is 286 g/mol. The van der Waals surface area contributed by atoms with Crippen molar-refractivity contribution in [3.8, 4) is 0 Å². The van der Waals surface area contributed by atoms with Crippen LogP contribution < -0.4 is 5.32 Å². The van der Waals surface area contributed by atoms with Crippen LogP contribution in [0.25, 0.3) is 0 Å². The Morgan fingerprint density at radius 2 is 2.04 bits per heavy atom. The largest absolute Gasteiger partial charge is 0.377 e. The monoisotopic (exact) mass is 311 g/mol. The Bertz CT molecular complexity index is 714. The molecule has 4 rings (SSSR count). The molecule has 0 spiro atoms. The lowest BCUT2D eigenvalue weighted by atomic mass is 10.1. The van der Waals surface area contributed by atoms with Gasteiger partial charge in [0.25, 0.3) is 0 Å². The van der Waals surface area contributed by atoms with Crippen molar-refractivity contribution >= 4 is 5.69 Å². The second kappa shape index (κ2) is 5.64. The zero-order chi connectivity index (χ0) is 16.0. The van der Waals surface area contributed by atoms with Gasteiger partial charge in [-0.15, -0.1) is 10.2 Å². The van der Waals surface area contributed by atoms with Crippen LogP contribution in [0.2, 0.25) is 0 Å². The summed E-state index contributed by atoms with van der Waals surface area (Å²) < 4.78 is 2.16. The Labute approximate surface area is 137 Å². The van der Waals surface area contributed by atoms with Crippen molar-refractivity contribution in [1.29, 1.82) is 0 Å². The fourth-order valence-corrected chi connectivity index (χ4v) is 3.38. The van der Waals surface area contributed by atoms with Gasteiger partial charge in [0.15, 0.2) is 5.82 Å². The molecule has 0 amide bonds. The minimum atomic E-state index is 0.579. The molecule has 122 valence electrons. The molecule has 2 aromatic rings.